The Kier molecular flexibility index (Phi) is 7.91. The summed E-state index contributed by atoms with van der Waals surface area (Å²) in [5.41, 5.74) is -8.95. The standard InChI is InChI=1S/C28H4F10N2O4S2/c29-13-5(3-39)14(30)20(36)25(19(13)35)45-27-17(33)11-12(24(44)10-8(42)2-1-7(41)9(10)23(11)43)18(34)28(27)46-26-21(37)15(31)6(4-40)16(32)22(26)38/h1-2,41-42H. The summed E-state index contributed by atoms with van der Waals surface area (Å²) in [6.45, 7) is 0. The van der Waals surface area contributed by atoms with E-state index in [2.05, 4.69) is 0 Å². The number of ketones is 2. The molecule has 18 heteroatoms. The zero-order valence-corrected chi connectivity index (χ0v) is 23.0. The summed E-state index contributed by atoms with van der Waals surface area (Å²) in [7, 11) is 0. The summed E-state index contributed by atoms with van der Waals surface area (Å²) in [6.07, 6.45) is 0. The third-order valence-corrected chi connectivity index (χ3v) is 8.87. The third kappa shape index (κ3) is 4.44. The van der Waals surface area contributed by atoms with Crippen LogP contribution in [0.3, 0.4) is 0 Å². The molecule has 6 nitrogen and oxygen atoms in total. The molecule has 232 valence electrons. The predicted octanol–water partition coefficient (Wildman–Crippen LogP) is 7.31. The van der Waals surface area contributed by atoms with E-state index in [4.69, 9.17) is 10.5 Å². The monoisotopic (exact) mass is 686 g/mol. The maximum absolute atomic E-state index is 16.2. The van der Waals surface area contributed by atoms with E-state index < -0.39 is 158 Å². The van der Waals surface area contributed by atoms with Crippen molar-refractivity contribution >= 4 is 35.1 Å². The van der Waals surface area contributed by atoms with E-state index in [1.807, 2.05) is 0 Å². The lowest BCUT2D eigenvalue weighted by Crippen LogP contribution is -2.25. The Hall–Kier alpha value is -5.20. The molecule has 0 radical (unpaired) electrons. The lowest BCUT2D eigenvalue weighted by Gasteiger charge is -2.23. The molecule has 46 heavy (non-hydrogen) atoms. The minimum Gasteiger partial charge on any atom is -0.507 e. The van der Waals surface area contributed by atoms with E-state index in [9.17, 15) is 54.9 Å². The molecule has 0 saturated heterocycles. The zero-order chi connectivity index (χ0) is 34.1. The molecular weight excluding hydrogens is 682 g/mol. The van der Waals surface area contributed by atoms with Crippen molar-refractivity contribution in [2.45, 2.75) is 19.6 Å². The fourth-order valence-electron chi connectivity index (χ4n) is 4.35. The van der Waals surface area contributed by atoms with Crippen LogP contribution in [0.2, 0.25) is 0 Å². The number of phenolic OH excluding ortho intramolecular Hbond substituents is 2. The molecule has 5 rings (SSSR count). The zero-order valence-electron chi connectivity index (χ0n) is 21.4. The van der Waals surface area contributed by atoms with E-state index in [0.29, 0.717) is 12.1 Å². The van der Waals surface area contributed by atoms with Gasteiger partial charge in [0.2, 0.25) is 11.6 Å². The molecule has 4 aromatic rings. The highest BCUT2D eigenvalue weighted by molar-refractivity contribution is 8.02. The summed E-state index contributed by atoms with van der Waals surface area (Å²) in [6, 6.07) is 2.99. The van der Waals surface area contributed by atoms with Gasteiger partial charge in [-0.15, -0.1) is 0 Å². The Bertz CT molecular complexity index is 2000. The van der Waals surface area contributed by atoms with Crippen molar-refractivity contribution in [1.82, 2.24) is 0 Å². The van der Waals surface area contributed by atoms with Crippen molar-refractivity contribution in [3.63, 3.8) is 0 Å². The molecular formula is C28H4F10N2O4S2. The van der Waals surface area contributed by atoms with E-state index in [-0.39, 0.29) is 0 Å². The lowest BCUT2D eigenvalue weighted by molar-refractivity contribution is 0.0965. The average molecular weight is 686 g/mol. The number of hydrogen-bond donors (Lipinski definition) is 2. The molecule has 0 bridgehead atoms. The fraction of sp³-hybridized carbons (Fsp3) is 0. The summed E-state index contributed by atoms with van der Waals surface area (Å²) in [4.78, 5) is 19.5. The Labute approximate surface area is 256 Å². The van der Waals surface area contributed by atoms with Crippen LogP contribution in [-0.4, -0.2) is 21.8 Å². The SMILES string of the molecule is N#Cc1c(F)c(F)c(Sc2c(F)c3c(c(F)c2Sc2c(F)c(F)c(C#N)c(F)c2F)C(=O)c2c(O)ccc(O)c2C3=O)c(F)c1F. The Morgan fingerprint density at radius 2 is 0.739 bits per heavy atom. The first kappa shape index (κ1) is 32.2. The molecule has 0 spiro atoms. The first-order valence-corrected chi connectivity index (χ1v) is 13.3. The van der Waals surface area contributed by atoms with Crippen LogP contribution in [0.5, 0.6) is 11.5 Å². The smallest absolute Gasteiger partial charge is 0.201 e. The van der Waals surface area contributed by atoms with Crippen LogP contribution >= 0.6 is 23.5 Å². The van der Waals surface area contributed by atoms with Crippen molar-refractivity contribution in [3.05, 3.63) is 104 Å². The van der Waals surface area contributed by atoms with Crippen LogP contribution in [0.25, 0.3) is 0 Å². The maximum Gasteiger partial charge on any atom is 0.201 e. The quantitative estimate of drug-likeness (QED) is 0.115. The Balaban J connectivity index is 1.89. The number of nitriles is 2. The van der Waals surface area contributed by atoms with Crippen LogP contribution in [0, 0.1) is 80.8 Å². The van der Waals surface area contributed by atoms with Crippen molar-refractivity contribution in [1.29, 1.82) is 10.5 Å². The van der Waals surface area contributed by atoms with Crippen LogP contribution in [0.1, 0.15) is 43.0 Å². The largest absolute Gasteiger partial charge is 0.507 e. The van der Waals surface area contributed by atoms with Gasteiger partial charge in [-0.1, -0.05) is 23.5 Å². The number of rotatable bonds is 4. The van der Waals surface area contributed by atoms with Crippen LogP contribution in [-0.2, 0) is 0 Å². The molecule has 1 aliphatic carbocycles. The Morgan fingerprint density at radius 3 is 1.00 bits per heavy atom. The van der Waals surface area contributed by atoms with Crippen molar-refractivity contribution in [2.24, 2.45) is 0 Å². The lowest BCUT2D eigenvalue weighted by atomic mass is 9.82. The van der Waals surface area contributed by atoms with Crippen molar-refractivity contribution in [3.8, 4) is 23.6 Å². The fourth-order valence-corrected chi connectivity index (χ4v) is 6.47. The molecule has 0 aromatic heterocycles. The second-order valence-electron chi connectivity index (χ2n) is 8.90. The maximum atomic E-state index is 16.2. The molecule has 0 fully saturated rings. The average Bonchev–Trinajstić information content (AvgIpc) is 3.02. The highest BCUT2D eigenvalue weighted by Crippen LogP contribution is 2.50. The van der Waals surface area contributed by atoms with Crippen molar-refractivity contribution in [2.75, 3.05) is 0 Å². The highest BCUT2D eigenvalue weighted by Gasteiger charge is 2.43. The van der Waals surface area contributed by atoms with Gasteiger partial charge in [-0.2, -0.15) is 10.5 Å². The summed E-state index contributed by atoms with van der Waals surface area (Å²) in [5.74, 6) is -28.7. The van der Waals surface area contributed by atoms with E-state index in [1.165, 1.54) is 0 Å². The molecule has 0 unspecified atom stereocenters. The molecule has 4 aromatic carbocycles. The number of carbonyl (C=O) groups is 2. The third-order valence-electron chi connectivity index (χ3n) is 6.44. The van der Waals surface area contributed by atoms with E-state index in [1.54, 1.807) is 0 Å². The van der Waals surface area contributed by atoms with Gasteiger partial charge in [-0.05, 0) is 12.1 Å². The molecule has 0 heterocycles. The van der Waals surface area contributed by atoms with Crippen LogP contribution in [0.4, 0.5) is 43.9 Å². The number of halogens is 10. The predicted molar refractivity (Wildman–Crippen MR) is 133 cm³/mol. The second-order valence-corrected chi connectivity index (χ2v) is 10.9. The topological polar surface area (TPSA) is 122 Å². The number of benzene rings is 4. The van der Waals surface area contributed by atoms with Gasteiger partial charge in [0.1, 0.15) is 46.4 Å². The van der Waals surface area contributed by atoms with E-state index >= 15 is 8.78 Å². The molecule has 2 N–H and O–H groups in total. The molecule has 1 aliphatic rings. The first-order chi connectivity index (χ1) is 21.6. The van der Waals surface area contributed by atoms with Crippen LogP contribution in [0.15, 0.2) is 31.7 Å². The van der Waals surface area contributed by atoms with Gasteiger partial charge in [0.25, 0.3) is 0 Å². The number of hydrogen-bond acceptors (Lipinski definition) is 8. The highest BCUT2D eigenvalue weighted by atomic mass is 32.2. The van der Waals surface area contributed by atoms with Gasteiger partial charge in [0.15, 0.2) is 46.5 Å². The summed E-state index contributed by atoms with van der Waals surface area (Å²) in [5, 5.41) is 37.9. The number of fused-ring (bicyclic) bond motifs is 2. The summed E-state index contributed by atoms with van der Waals surface area (Å²) < 4.78 is 149. The molecule has 0 aliphatic heterocycles. The number of carbonyl (C=O) groups excluding carboxylic acids is 2. The van der Waals surface area contributed by atoms with Gasteiger partial charge < -0.3 is 10.2 Å². The molecule has 0 saturated carbocycles. The van der Waals surface area contributed by atoms with Crippen molar-refractivity contribution < 1.29 is 63.7 Å². The number of phenols is 2. The van der Waals surface area contributed by atoms with Gasteiger partial charge in [0, 0.05) is 0 Å². The second kappa shape index (κ2) is 11.3. The van der Waals surface area contributed by atoms with Crippen LogP contribution < -0.4 is 0 Å². The normalized spacial score (nSPS) is 12.1. The first-order valence-electron chi connectivity index (χ1n) is 11.7. The summed E-state index contributed by atoms with van der Waals surface area (Å²) >= 11 is -1.54. The Morgan fingerprint density at radius 1 is 0.457 bits per heavy atom. The minimum atomic E-state index is -2.38. The minimum absolute atomic E-state index is 0.672. The van der Waals surface area contributed by atoms with E-state index in [0.717, 1.165) is 12.1 Å². The van der Waals surface area contributed by atoms with Gasteiger partial charge in [-0.3, -0.25) is 9.59 Å². The van der Waals surface area contributed by atoms with Gasteiger partial charge in [0.05, 0.1) is 41.8 Å². The van der Waals surface area contributed by atoms with Gasteiger partial charge in [-0.25, -0.2) is 43.9 Å². The molecule has 0 atom stereocenters. The number of aromatic hydroxyl groups is 2. The molecule has 0 amide bonds. The number of nitrogens with zero attached hydrogens (tertiary/aromatic N) is 2. The van der Waals surface area contributed by atoms with Gasteiger partial charge >= 0.3 is 0 Å².